The number of anilines is 3. The molecule has 2 heterocycles. The summed E-state index contributed by atoms with van der Waals surface area (Å²) < 4.78 is 20.0. The van der Waals surface area contributed by atoms with E-state index in [9.17, 15) is 18.8 Å². The van der Waals surface area contributed by atoms with Crippen molar-refractivity contribution in [3.05, 3.63) is 73.2 Å². The van der Waals surface area contributed by atoms with E-state index in [1.807, 2.05) is 19.9 Å². The number of carbonyl (C=O) groups is 1. The van der Waals surface area contributed by atoms with E-state index in [2.05, 4.69) is 16.0 Å². The third kappa shape index (κ3) is 3.30. The fraction of sp³-hybridized carbons (Fsp3) is 0.286. The van der Waals surface area contributed by atoms with Crippen LogP contribution >= 0.6 is 0 Å². The van der Waals surface area contributed by atoms with E-state index >= 15 is 0 Å². The summed E-state index contributed by atoms with van der Waals surface area (Å²) in [5.41, 5.74) is -0.790. The van der Waals surface area contributed by atoms with Crippen LogP contribution in [0.1, 0.15) is 54.3 Å². The van der Waals surface area contributed by atoms with Gasteiger partial charge in [0.05, 0.1) is 17.3 Å². The van der Waals surface area contributed by atoms with Crippen molar-refractivity contribution in [2.24, 2.45) is 0 Å². The van der Waals surface area contributed by atoms with Crippen LogP contribution in [0.2, 0.25) is 0 Å². The van der Waals surface area contributed by atoms with Crippen LogP contribution < -0.4 is 26.8 Å². The van der Waals surface area contributed by atoms with Gasteiger partial charge in [0.2, 0.25) is 0 Å². The lowest BCUT2D eigenvalue weighted by atomic mass is 10.1. The monoisotopic (exact) mass is 399 g/mol. The molecule has 0 radical (unpaired) electrons. The van der Waals surface area contributed by atoms with Gasteiger partial charge in [-0.05, 0) is 37.1 Å². The zero-order chi connectivity index (χ0) is 20.0. The second kappa shape index (κ2) is 7.54. The molecule has 0 spiro atoms. The maximum atomic E-state index is 14.4. The van der Waals surface area contributed by atoms with Crippen LogP contribution in [-0.4, -0.2) is 5.91 Å². The molecule has 0 fully saturated rings. The minimum Gasteiger partial charge on any atom is -0.464 e. The van der Waals surface area contributed by atoms with Gasteiger partial charge >= 0.3 is 0 Å². The van der Waals surface area contributed by atoms with Crippen molar-refractivity contribution in [1.29, 1.82) is 0 Å². The molecule has 0 saturated carbocycles. The van der Waals surface area contributed by atoms with Crippen molar-refractivity contribution >= 4 is 23.0 Å². The van der Waals surface area contributed by atoms with Crippen molar-refractivity contribution in [3.63, 3.8) is 0 Å². The number of furan rings is 1. The fourth-order valence-corrected chi connectivity index (χ4v) is 3.38. The molecule has 3 N–H and O–H groups in total. The van der Waals surface area contributed by atoms with Crippen LogP contribution in [0.15, 0.2) is 38.3 Å². The molecule has 0 unspecified atom stereocenters. The molecule has 8 heteroatoms. The lowest BCUT2D eigenvalue weighted by Crippen LogP contribution is -2.37. The van der Waals surface area contributed by atoms with Crippen LogP contribution in [0.3, 0.4) is 0 Å². The molecule has 152 valence electrons. The smallest absolute Gasteiger partial charge is 0.254 e. The van der Waals surface area contributed by atoms with E-state index in [-0.39, 0.29) is 42.6 Å². The van der Waals surface area contributed by atoms with Crippen molar-refractivity contribution in [2.45, 2.75) is 40.3 Å². The van der Waals surface area contributed by atoms with Gasteiger partial charge in [-0.1, -0.05) is 20.4 Å². The molecule has 29 heavy (non-hydrogen) atoms. The second-order valence-electron chi connectivity index (χ2n) is 6.73. The van der Waals surface area contributed by atoms with Gasteiger partial charge in [0.25, 0.3) is 16.8 Å². The molecule has 1 amide bonds. The SMILES string of the molecule is C.CC[C@@H](Nc1c(Nc2c(F)ccc3c2C(=O)NC3)c(=O)c1=O)c1ccc(C)o1. The Morgan fingerprint density at radius 3 is 2.48 bits per heavy atom. The van der Waals surface area contributed by atoms with Gasteiger partial charge in [0, 0.05) is 6.54 Å². The lowest BCUT2D eigenvalue weighted by Gasteiger charge is -2.21. The van der Waals surface area contributed by atoms with E-state index in [4.69, 9.17) is 4.42 Å². The number of amides is 1. The van der Waals surface area contributed by atoms with Gasteiger partial charge < -0.3 is 20.4 Å². The quantitative estimate of drug-likeness (QED) is 0.549. The standard InChI is InChI=1S/C20H18FN3O4.CH4/c1-3-12(13-7-4-9(2)28-13)23-16-17(19(26)18(16)25)24-15-11(21)6-5-10-8-22-20(27)14(10)15;/h4-7,12,23-24H,3,8H2,1-2H3,(H,22,27);1H4/t12-;/m1./s1. The Bertz CT molecular complexity index is 1160. The summed E-state index contributed by atoms with van der Waals surface area (Å²) in [5, 5.41) is 8.30. The average molecular weight is 399 g/mol. The molecule has 0 aliphatic carbocycles. The number of aryl methyl sites for hydroxylation is 1. The average Bonchev–Trinajstić information content (AvgIpc) is 3.28. The number of hydrogen-bond donors (Lipinski definition) is 3. The summed E-state index contributed by atoms with van der Waals surface area (Å²) in [7, 11) is 0. The molecule has 2 aromatic carbocycles. The Balaban J connectivity index is 0.00000240. The highest BCUT2D eigenvalue weighted by Gasteiger charge is 2.29. The van der Waals surface area contributed by atoms with E-state index in [1.165, 1.54) is 12.1 Å². The highest BCUT2D eigenvalue weighted by molar-refractivity contribution is 6.04. The van der Waals surface area contributed by atoms with Gasteiger partial charge in [0.1, 0.15) is 28.7 Å². The molecule has 1 aromatic heterocycles. The van der Waals surface area contributed by atoms with E-state index in [0.29, 0.717) is 17.7 Å². The molecular weight excluding hydrogens is 377 g/mol. The topological polar surface area (TPSA) is 100 Å². The maximum Gasteiger partial charge on any atom is 0.254 e. The predicted molar refractivity (Wildman–Crippen MR) is 109 cm³/mol. The van der Waals surface area contributed by atoms with Crippen LogP contribution in [0, 0.1) is 12.7 Å². The fourth-order valence-electron chi connectivity index (χ4n) is 3.38. The summed E-state index contributed by atoms with van der Waals surface area (Å²) >= 11 is 0. The minimum atomic E-state index is -0.761. The number of benzene rings is 1. The van der Waals surface area contributed by atoms with E-state index < -0.39 is 22.6 Å². The van der Waals surface area contributed by atoms with Crippen molar-refractivity contribution in [3.8, 4) is 0 Å². The Hall–Kier alpha value is -3.42. The van der Waals surface area contributed by atoms with Crippen LogP contribution in [0.25, 0.3) is 0 Å². The molecule has 0 bridgehead atoms. The van der Waals surface area contributed by atoms with Crippen molar-refractivity contribution in [1.82, 2.24) is 5.32 Å². The van der Waals surface area contributed by atoms with E-state index in [0.717, 1.165) is 5.76 Å². The van der Waals surface area contributed by atoms with Gasteiger partial charge in [-0.25, -0.2) is 4.39 Å². The molecule has 4 rings (SSSR count). The first-order valence-corrected chi connectivity index (χ1v) is 8.93. The summed E-state index contributed by atoms with van der Waals surface area (Å²) in [6, 6.07) is 6.01. The van der Waals surface area contributed by atoms with Gasteiger partial charge in [-0.3, -0.25) is 14.4 Å². The number of rotatable bonds is 6. The minimum absolute atomic E-state index is 0. The molecule has 3 aromatic rings. The molecule has 1 aliphatic rings. The van der Waals surface area contributed by atoms with Gasteiger partial charge in [-0.2, -0.15) is 0 Å². The summed E-state index contributed by atoms with van der Waals surface area (Å²) in [4.78, 5) is 36.3. The number of nitrogens with one attached hydrogen (secondary N) is 3. The molecular formula is C21H22FN3O4. The molecule has 1 aliphatic heterocycles. The highest BCUT2D eigenvalue weighted by atomic mass is 19.1. The van der Waals surface area contributed by atoms with Crippen molar-refractivity contribution in [2.75, 3.05) is 10.6 Å². The maximum absolute atomic E-state index is 14.4. The number of halogens is 1. The molecule has 7 nitrogen and oxygen atoms in total. The number of carbonyl (C=O) groups excluding carboxylic acids is 1. The van der Waals surface area contributed by atoms with E-state index in [1.54, 1.807) is 6.07 Å². The predicted octanol–water partition coefficient (Wildman–Crippen LogP) is 3.51. The highest BCUT2D eigenvalue weighted by Crippen LogP contribution is 2.33. The number of hydrogen-bond acceptors (Lipinski definition) is 6. The summed E-state index contributed by atoms with van der Waals surface area (Å²) in [5.74, 6) is 0.253. The van der Waals surface area contributed by atoms with Crippen LogP contribution in [0.5, 0.6) is 0 Å². The first-order chi connectivity index (χ1) is 13.4. The summed E-state index contributed by atoms with van der Waals surface area (Å²) in [6.45, 7) is 4.00. The number of fused-ring (bicyclic) bond motifs is 1. The zero-order valence-corrected chi connectivity index (χ0v) is 15.3. The third-order valence-electron chi connectivity index (χ3n) is 4.90. The lowest BCUT2D eigenvalue weighted by molar-refractivity contribution is 0.0966. The molecule has 1 atom stereocenters. The Labute approximate surface area is 166 Å². The third-order valence-corrected chi connectivity index (χ3v) is 4.90. The molecule has 0 saturated heterocycles. The Morgan fingerprint density at radius 1 is 1.10 bits per heavy atom. The summed E-state index contributed by atoms with van der Waals surface area (Å²) in [6.07, 6.45) is 0.600. The van der Waals surface area contributed by atoms with Crippen molar-refractivity contribution < 1.29 is 13.6 Å². The first-order valence-electron chi connectivity index (χ1n) is 8.93. The largest absolute Gasteiger partial charge is 0.464 e. The van der Waals surface area contributed by atoms with Gasteiger partial charge in [0.15, 0.2) is 0 Å². The zero-order valence-electron chi connectivity index (χ0n) is 15.3. The first kappa shape index (κ1) is 20.3. The normalized spacial score (nSPS) is 13.6. The Morgan fingerprint density at radius 2 is 1.83 bits per heavy atom. The Kier molecular flexibility index (Phi) is 5.28. The van der Waals surface area contributed by atoms with Crippen LogP contribution in [0.4, 0.5) is 21.5 Å². The van der Waals surface area contributed by atoms with Crippen LogP contribution in [-0.2, 0) is 6.54 Å². The van der Waals surface area contributed by atoms with Gasteiger partial charge in [-0.15, -0.1) is 0 Å². The second-order valence-corrected chi connectivity index (χ2v) is 6.73.